The molecule has 1 saturated carbocycles. The predicted octanol–water partition coefficient (Wildman–Crippen LogP) is 4.61. The summed E-state index contributed by atoms with van der Waals surface area (Å²) in [6.07, 6.45) is 0.231. The Labute approximate surface area is 222 Å². The molecule has 0 spiro atoms. The predicted molar refractivity (Wildman–Crippen MR) is 148 cm³/mol. The van der Waals surface area contributed by atoms with Crippen LogP contribution in [0, 0.1) is 11.2 Å². The van der Waals surface area contributed by atoms with Crippen molar-refractivity contribution >= 4 is 50.8 Å². The first-order valence-electron chi connectivity index (χ1n) is 12.5. The molecule has 12 heteroatoms. The van der Waals surface area contributed by atoms with Gasteiger partial charge in [-0.15, -0.1) is 0 Å². The Morgan fingerprint density at radius 1 is 1.25 bits per heavy atom. The monoisotopic (exact) mass is 604 g/mol. The van der Waals surface area contributed by atoms with Crippen LogP contribution in [0.5, 0.6) is 0 Å². The maximum absolute atomic E-state index is 16.4. The van der Waals surface area contributed by atoms with Gasteiger partial charge in [0.2, 0.25) is 0 Å². The molecular formula is C24H38BrFN4O4SSi. The third-order valence-electron chi connectivity index (χ3n) is 8.37. The van der Waals surface area contributed by atoms with Gasteiger partial charge in [-0.05, 0) is 60.8 Å². The molecule has 0 radical (unpaired) electrons. The van der Waals surface area contributed by atoms with Crippen LogP contribution < -0.4 is 10.5 Å². The maximum Gasteiger partial charge on any atom is 0.410 e. The van der Waals surface area contributed by atoms with Crippen molar-refractivity contribution in [2.24, 2.45) is 14.8 Å². The van der Waals surface area contributed by atoms with E-state index in [1.54, 1.807) is 26.8 Å². The fraction of sp³-hybridized carbons (Fsp3) is 0.708. The Bertz CT molecular complexity index is 1180. The van der Waals surface area contributed by atoms with Gasteiger partial charge >= 0.3 is 6.09 Å². The van der Waals surface area contributed by atoms with Crippen molar-refractivity contribution in [2.45, 2.75) is 82.8 Å². The maximum atomic E-state index is 16.4. The Balaban J connectivity index is 2.28. The van der Waals surface area contributed by atoms with Gasteiger partial charge in [-0.2, -0.15) is 0 Å². The number of carbonyl (C=O) groups is 1. The average molecular weight is 606 g/mol. The number of nitrogens with zero attached hydrogens (tertiary/aromatic N) is 3. The van der Waals surface area contributed by atoms with Gasteiger partial charge in [-0.25, -0.2) is 22.7 Å². The molecule has 1 aromatic heterocycles. The Morgan fingerprint density at radius 3 is 2.31 bits per heavy atom. The van der Waals surface area contributed by atoms with Crippen LogP contribution >= 0.6 is 15.9 Å². The lowest BCUT2D eigenvalue weighted by molar-refractivity contribution is 0.199. The zero-order chi connectivity index (χ0) is 27.2. The van der Waals surface area contributed by atoms with E-state index in [-0.39, 0.29) is 35.8 Å². The summed E-state index contributed by atoms with van der Waals surface area (Å²) in [5.74, 6) is -0.594. The van der Waals surface area contributed by atoms with Crippen molar-refractivity contribution in [1.82, 2.24) is 10.3 Å². The van der Waals surface area contributed by atoms with Crippen LogP contribution in [-0.2, 0) is 15.3 Å². The number of aliphatic imine (C=N–C) groups is 1. The summed E-state index contributed by atoms with van der Waals surface area (Å²) in [5, 5.41) is 22.3. The molecule has 2 atom stereocenters. The Kier molecular flexibility index (Phi) is 8.16. The molecule has 3 rings (SSSR count). The number of aliphatic hydroxyl groups excluding tert-OH is 1. The van der Waals surface area contributed by atoms with Crippen molar-refractivity contribution in [3.05, 3.63) is 22.2 Å². The molecule has 0 bridgehead atoms. The minimum absolute atomic E-state index is 0.0287. The van der Waals surface area contributed by atoms with Crippen LogP contribution in [0.25, 0.3) is 0 Å². The number of halogens is 2. The fourth-order valence-electron chi connectivity index (χ4n) is 5.08. The van der Waals surface area contributed by atoms with Gasteiger partial charge in [-0.1, -0.05) is 38.9 Å². The molecule has 2 aliphatic rings. The van der Waals surface area contributed by atoms with E-state index in [2.05, 4.69) is 56.4 Å². The van der Waals surface area contributed by atoms with Crippen molar-refractivity contribution in [3.63, 3.8) is 0 Å². The summed E-state index contributed by atoms with van der Waals surface area (Å²) in [4.78, 5) is 20.8. The van der Waals surface area contributed by atoms with Crippen molar-refractivity contribution in [3.8, 4) is 0 Å². The van der Waals surface area contributed by atoms with Gasteiger partial charge in [0, 0.05) is 5.41 Å². The number of aromatic nitrogens is 1. The first kappa shape index (κ1) is 29.2. The molecule has 0 saturated heterocycles. The Hall–Kier alpha value is -1.37. The summed E-state index contributed by atoms with van der Waals surface area (Å²) >= 11 is 3.46. The molecule has 8 nitrogen and oxygen atoms in total. The lowest BCUT2D eigenvalue weighted by atomic mass is 9.98. The number of amides is 1. The lowest BCUT2D eigenvalue weighted by Crippen LogP contribution is -2.58. The van der Waals surface area contributed by atoms with E-state index >= 15 is 4.39 Å². The van der Waals surface area contributed by atoms with Crippen molar-refractivity contribution in [2.75, 3.05) is 18.9 Å². The second-order valence-electron chi connectivity index (χ2n) is 10.9. The molecule has 2 heterocycles. The first-order chi connectivity index (χ1) is 16.7. The minimum Gasteiger partial charge on any atom is -0.465 e. The summed E-state index contributed by atoms with van der Waals surface area (Å²) in [6.45, 7) is 11.3. The van der Waals surface area contributed by atoms with Gasteiger partial charge in [-0.3, -0.25) is 10.3 Å². The number of amidine groups is 1. The van der Waals surface area contributed by atoms with Gasteiger partial charge in [0.25, 0.3) is 0 Å². The van der Waals surface area contributed by atoms with E-state index in [0.29, 0.717) is 9.79 Å². The van der Waals surface area contributed by atoms with Crippen LogP contribution in [0.2, 0.25) is 18.1 Å². The molecule has 202 valence electrons. The number of rotatable bonds is 8. The summed E-state index contributed by atoms with van der Waals surface area (Å²) in [6, 6.07) is 4.35. The quantitative estimate of drug-likeness (QED) is 0.295. The first-order valence-corrected chi connectivity index (χ1v) is 17.6. The van der Waals surface area contributed by atoms with Gasteiger partial charge < -0.3 is 10.2 Å². The number of carboxylic acid groups (broad SMARTS) is 1. The van der Waals surface area contributed by atoms with Crippen LogP contribution in [-0.4, -0.2) is 63.1 Å². The molecule has 1 aliphatic carbocycles. The normalized spacial score (nSPS) is 26.8. The summed E-state index contributed by atoms with van der Waals surface area (Å²) < 4.78 is 34.8. The molecule has 3 N–H and O–H groups in total. The fourth-order valence-corrected chi connectivity index (χ4v) is 12.0. The van der Waals surface area contributed by atoms with Crippen molar-refractivity contribution in [1.29, 1.82) is 0 Å². The number of nitrogens with one attached hydrogen (secondary N) is 1. The van der Waals surface area contributed by atoms with E-state index in [0.717, 1.165) is 31.0 Å². The number of hydrogen-bond acceptors (Lipinski definition) is 6. The molecule has 0 aromatic carbocycles. The van der Waals surface area contributed by atoms with E-state index in [1.807, 2.05) is 0 Å². The molecule has 1 fully saturated rings. The van der Waals surface area contributed by atoms with Gasteiger partial charge in [0.15, 0.2) is 0 Å². The number of pyridine rings is 1. The standard InChI is InChI=1S/C24H38BrFN4O4SSi/c1-7-36(8-2,9-3)16-12-17(25)28-19(18(16)26)23(6)15-35(34,27-13-24(14-31)10-11-24)22(4,5)20(30-23)29-21(32)33/h12,31H,7-11,13-15H2,1-6H3,(H,29,30)(H,32,33)/t23-,35?/m0/s1. The van der Waals surface area contributed by atoms with Crippen LogP contribution in [0.1, 0.15) is 60.1 Å². The van der Waals surface area contributed by atoms with Crippen LogP contribution in [0.4, 0.5) is 9.18 Å². The number of aliphatic hydroxyl groups is 1. The van der Waals surface area contributed by atoms with E-state index in [9.17, 15) is 19.2 Å². The summed E-state index contributed by atoms with van der Waals surface area (Å²) in [7, 11) is -5.34. The van der Waals surface area contributed by atoms with Crippen LogP contribution in [0.15, 0.2) is 20.0 Å². The lowest BCUT2D eigenvalue weighted by Gasteiger charge is -2.41. The zero-order valence-corrected chi connectivity index (χ0v) is 25.4. The van der Waals surface area contributed by atoms with E-state index in [1.165, 1.54) is 0 Å². The average Bonchev–Trinajstić information content (AvgIpc) is 3.60. The van der Waals surface area contributed by atoms with E-state index in [4.69, 9.17) is 0 Å². The Morgan fingerprint density at radius 2 is 1.83 bits per heavy atom. The van der Waals surface area contributed by atoms with Crippen molar-refractivity contribution < 1.29 is 23.6 Å². The summed E-state index contributed by atoms with van der Waals surface area (Å²) in [5.41, 5.74) is -1.75. The minimum atomic E-state index is -3.17. The highest BCUT2D eigenvalue weighted by atomic mass is 79.9. The zero-order valence-electron chi connectivity index (χ0n) is 22.0. The molecule has 1 unspecified atom stereocenters. The molecule has 36 heavy (non-hydrogen) atoms. The highest BCUT2D eigenvalue weighted by molar-refractivity contribution is 9.10. The SMILES string of the molecule is CC[Si](CC)(CC)c1cc(Br)nc([C@]2(C)CS(=O)(=NCC3(CO)CC3)C(C)(C)C(NC(=O)O)=N2)c1F. The highest BCUT2D eigenvalue weighted by Gasteiger charge is 2.52. The third-order valence-corrected chi connectivity index (χ3v) is 17.6. The highest BCUT2D eigenvalue weighted by Crippen LogP contribution is 2.47. The molecule has 1 amide bonds. The third kappa shape index (κ3) is 5.02. The topological polar surface area (TPSA) is 124 Å². The largest absolute Gasteiger partial charge is 0.465 e. The van der Waals surface area contributed by atoms with Gasteiger partial charge in [0.1, 0.15) is 32.2 Å². The molecular weight excluding hydrogens is 567 g/mol. The van der Waals surface area contributed by atoms with E-state index < -0.39 is 40.0 Å². The molecule has 1 aliphatic heterocycles. The molecule has 1 aromatic rings. The van der Waals surface area contributed by atoms with Crippen LogP contribution in [0.3, 0.4) is 0 Å². The van der Waals surface area contributed by atoms with Gasteiger partial charge in [0.05, 0.1) is 36.7 Å². The second kappa shape index (κ2) is 10.1. The second-order valence-corrected chi connectivity index (χ2v) is 19.8. The smallest absolute Gasteiger partial charge is 0.410 e. The number of hydrogen-bond donors (Lipinski definition) is 3.